The Hall–Kier alpha value is -1.66. The topological polar surface area (TPSA) is 0 Å². The van der Waals surface area contributed by atoms with Crippen molar-refractivity contribution in [3.63, 3.8) is 0 Å². The van der Waals surface area contributed by atoms with Gasteiger partial charge in [0, 0.05) is 0 Å². The molecular weight excluding hydrogens is 354 g/mol. The Bertz CT molecular complexity index is 575. The molecule has 0 N–H and O–H groups in total. The van der Waals surface area contributed by atoms with Gasteiger partial charge in [-0.15, -0.1) is 12.8 Å². The summed E-state index contributed by atoms with van der Waals surface area (Å²) < 4.78 is 0. The van der Waals surface area contributed by atoms with Gasteiger partial charge in [-0.05, 0) is 10.6 Å². The normalized spacial score (nSPS) is 12.7. The van der Waals surface area contributed by atoms with Crippen LogP contribution in [0.5, 0.6) is 0 Å². The van der Waals surface area contributed by atoms with E-state index in [1.165, 1.54) is 10.6 Å². The smallest absolute Gasteiger partial charge is 0.273 e. The van der Waals surface area contributed by atoms with Crippen LogP contribution in [0.1, 0.15) is 12.8 Å². The Morgan fingerprint density at radius 2 is 1.04 bits per heavy atom. The molecule has 2 aliphatic carbocycles. The van der Waals surface area contributed by atoms with Gasteiger partial charge in [0.25, 0.3) is 0 Å². The van der Waals surface area contributed by atoms with Crippen LogP contribution in [0.3, 0.4) is 0 Å². The molecule has 2 aromatic rings. The fourth-order valence-corrected chi connectivity index (χ4v) is 2.94. The largest absolute Gasteiger partial charge is 2.00 e. The van der Waals surface area contributed by atoms with Crippen LogP contribution in [0.25, 0.3) is 0 Å². The fourth-order valence-electron chi connectivity index (χ4n) is 1.89. The van der Waals surface area contributed by atoms with Crippen LogP contribution in [0.4, 0.5) is 0 Å². The summed E-state index contributed by atoms with van der Waals surface area (Å²) in [6.45, 7) is 0. The molecule has 1 radical (unpaired) electrons. The molecule has 0 amide bonds. The van der Waals surface area contributed by atoms with E-state index in [1.807, 2.05) is 24.3 Å². The van der Waals surface area contributed by atoms with Crippen molar-refractivity contribution < 1.29 is 16.8 Å². The van der Waals surface area contributed by atoms with Crippen LogP contribution >= 0.6 is 8.58 Å². The molecule has 0 heterocycles. The van der Waals surface area contributed by atoms with Gasteiger partial charge < -0.3 is 0 Å². The average molecular weight is 375 g/mol. The maximum atomic E-state index is 2.99. The van der Waals surface area contributed by atoms with Gasteiger partial charge in [0.05, 0.1) is 0 Å². The van der Waals surface area contributed by atoms with E-state index in [9.17, 15) is 0 Å². The number of hydrogen-bond acceptors (Lipinski definition) is 0. The van der Waals surface area contributed by atoms with E-state index in [4.69, 9.17) is 0 Å². The second-order valence-electron chi connectivity index (χ2n) is 4.86. The van der Waals surface area contributed by atoms with Gasteiger partial charge in [-0.3, -0.25) is 12.2 Å². The Morgan fingerprint density at radius 3 is 1.29 bits per heavy atom. The minimum atomic E-state index is 0. The molecule has 2 aromatic carbocycles. The molecule has 0 aromatic heterocycles. The molecule has 2 heteroatoms. The summed E-state index contributed by atoms with van der Waals surface area (Å²) in [6.07, 6.45) is 20.0. The number of hydrogen-bond donors (Lipinski definition) is 0. The summed E-state index contributed by atoms with van der Waals surface area (Å²) in [4.78, 5) is 0. The zero-order chi connectivity index (χ0) is 16.0. The predicted octanol–water partition coefficient (Wildman–Crippen LogP) is 4.92. The van der Waals surface area contributed by atoms with Crippen molar-refractivity contribution in [3.05, 3.63) is 109 Å². The van der Waals surface area contributed by atoms with Crippen molar-refractivity contribution in [3.8, 4) is 0 Å². The number of rotatable bonds is 2. The molecule has 24 heavy (non-hydrogen) atoms. The first-order valence-electron chi connectivity index (χ1n) is 7.76. The van der Waals surface area contributed by atoms with Gasteiger partial charge in [0.1, 0.15) is 0 Å². The minimum Gasteiger partial charge on any atom is -0.273 e. The van der Waals surface area contributed by atoms with E-state index in [-0.39, 0.29) is 16.8 Å². The van der Waals surface area contributed by atoms with Crippen molar-refractivity contribution in [2.45, 2.75) is 12.8 Å². The Balaban J connectivity index is 0.000000216. The standard InChI is InChI=1S/C12H11P.2C5H5.Co/c1-3-7-11(8-4-1)13-12-9-5-2-6-10-12;2*1-2-4-5-3-1;/h1-10,13H;2*1-3H,4H2;/q;2*-1;+2. The van der Waals surface area contributed by atoms with E-state index >= 15 is 0 Å². The maximum Gasteiger partial charge on any atom is 2.00 e. The van der Waals surface area contributed by atoms with Crippen molar-refractivity contribution in [2.75, 3.05) is 0 Å². The van der Waals surface area contributed by atoms with Crippen LogP contribution in [0.2, 0.25) is 0 Å². The molecule has 0 nitrogen and oxygen atoms in total. The molecule has 0 fully saturated rings. The van der Waals surface area contributed by atoms with E-state index in [0.717, 1.165) is 21.4 Å². The summed E-state index contributed by atoms with van der Waals surface area (Å²) >= 11 is 0. The third kappa shape index (κ3) is 9.47. The van der Waals surface area contributed by atoms with Crippen LogP contribution < -0.4 is 10.6 Å². The first-order chi connectivity index (χ1) is 11.4. The summed E-state index contributed by atoms with van der Waals surface area (Å²) in [5, 5.41) is 2.79. The third-order valence-electron chi connectivity index (χ3n) is 3.01. The summed E-state index contributed by atoms with van der Waals surface area (Å²) in [5.74, 6) is 0. The molecule has 123 valence electrons. The number of allylic oxidation sites excluding steroid dienone is 8. The first-order valence-corrected chi connectivity index (χ1v) is 8.76. The average Bonchev–Trinajstić information content (AvgIpc) is 3.35. The molecule has 0 atom stereocenters. The van der Waals surface area contributed by atoms with Gasteiger partial charge in [-0.1, -0.05) is 69.2 Å². The van der Waals surface area contributed by atoms with Gasteiger partial charge in [-0.2, -0.15) is 12.2 Å². The van der Waals surface area contributed by atoms with Crippen molar-refractivity contribution in [2.24, 2.45) is 0 Å². The summed E-state index contributed by atoms with van der Waals surface area (Å²) in [6, 6.07) is 21.2. The summed E-state index contributed by atoms with van der Waals surface area (Å²) in [7, 11) is 0.777. The quantitative estimate of drug-likeness (QED) is 0.516. The van der Waals surface area contributed by atoms with Gasteiger partial charge in [-0.25, -0.2) is 24.3 Å². The zero-order valence-corrected chi connectivity index (χ0v) is 15.5. The summed E-state index contributed by atoms with van der Waals surface area (Å²) in [5.41, 5.74) is 0. The van der Waals surface area contributed by atoms with Crippen LogP contribution in [0.15, 0.2) is 97.1 Å². The van der Waals surface area contributed by atoms with Crippen molar-refractivity contribution >= 4 is 19.2 Å². The second-order valence-corrected chi connectivity index (χ2v) is 6.27. The molecule has 0 saturated heterocycles. The number of benzene rings is 2. The molecular formula is C22H21CoP. The zero-order valence-electron chi connectivity index (χ0n) is 13.5. The maximum absolute atomic E-state index is 2.99. The molecule has 0 aliphatic heterocycles. The van der Waals surface area contributed by atoms with Gasteiger partial charge in [0.2, 0.25) is 0 Å². The van der Waals surface area contributed by atoms with Crippen LogP contribution in [-0.4, -0.2) is 0 Å². The molecule has 0 bridgehead atoms. The Kier molecular flexibility index (Phi) is 11.7. The Morgan fingerprint density at radius 1 is 0.625 bits per heavy atom. The van der Waals surface area contributed by atoms with E-state index < -0.39 is 0 Å². The van der Waals surface area contributed by atoms with Crippen LogP contribution in [0, 0.1) is 12.2 Å². The van der Waals surface area contributed by atoms with Gasteiger partial charge >= 0.3 is 16.8 Å². The minimum absolute atomic E-state index is 0. The van der Waals surface area contributed by atoms with E-state index in [2.05, 4.69) is 85.0 Å². The molecule has 0 saturated carbocycles. The Labute approximate surface area is 158 Å². The van der Waals surface area contributed by atoms with Crippen molar-refractivity contribution in [1.29, 1.82) is 0 Å². The predicted molar refractivity (Wildman–Crippen MR) is 104 cm³/mol. The van der Waals surface area contributed by atoms with E-state index in [1.54, 1.807) is 0 Å². The molecule has 0 unspecified atom stereocenters. The molecule has 4 rings (SSSR count). The van der Waals surface area contributed by atoms with E-state index in [0.29, 0.717) is 0 Å². The molecule has 0 spiro atoms. The first kappa shape index (κ1) is 20.4. The van der Waals surface area contributed by atoms with Gasteiger partial charge in [0.15, 0.2) is 0 Å². The SMILES string of the molecule is [C-]1=CC=CC1.[C-]1=CC=CC1.[Co+2].c1ccc(Pc2ccccc2)cc1. The van der Waals surface area contributed by atoms with Crippen molar-refractivity contribution in [1.82, 2.24) is 0 Å². The third-order valence-corrected chi connectivity index (χ3v) is 4.25. The molecule has 2 aliphatic rings. The fraction of sp³-hybridized carbons (Fsp3) is 0.0909. The van der Waals surface area contributed by atoms with Crippen LogP contribution in [-0.2, 0) is 16.8 Å². The monoisotopic (exact) mass is 375 g/mol. The second kappa shape index (κ2) is 13.7.